The van der Waals surface area contributed by atoms with Crippen LogP contribution >= 0.6 is 23.2 Å². The number of tetrazole rings is 1. The molecule has 1 fully saturated rings. The number of rotatable bonds is 5. The van der Waals surface area contributed by atoms with Crippen LogP contribution in [0.4, 0.5) is 5.82 Å². The molecule has 0 radical (unpaired) electrons. The summed E-state index contributed by atoms with van der Waals surface area (Å²) in [7, 11) is 0. The maximum atomic E-state index is 6.39. The van der Waals surface area contributed by atoms with E-state index in [-0.39, 0.29) is 0 Å². The van der Waals surface area contributed by atoms with E-state index in [1.165, 1.54) is 36.2 Å². The number of halogens is 2. The highest BCUT2D eigenvalue weighted by Gasteiger charge is 2.18. The summed E-state index contributed by atoms with van der Waals surface area (Å²) >= 11 is 12.6. The lowest BCUT2D eigenvalue weighted by atomic mass is 10.0. The lowest BCUT2D eigenvalue weighted by molar-refractivity contribution is 0.331. The predicted molar refractivity (Wildman–Crippen MR) is 127 cm³/mol. The number of anilines is 1. The van der Waals surface area contributed by atoms with Crippen LogP contribution in [0.2, 0.25) is 10.0 Å². The number of benzene rings is 2. The molecule has 9 heteroatoms. The highest BCUT2D eigenvalue weighted by molar-refractivity contribution is 6.43. The molecule has 0 atom stereocenters. The van der Waals surface area contributed by atoms with Crippen LogP contribution in [0.5, 0.6) is 0 Å². The smallest absolute Gasteiger partial charge is 0.190 e. The van der Waals surface area contributed by atoms with Gasteiger partial charge in [0.05, 0.1) is 21.3 Å². The fraction of sp³-hybridized carbons (Fsp3) is 0.217. The van der Waals surface area contributed by atoms with Gasteiger partial charge in [-0.05, 0) is 65.7 Å². The minimum Gasteiger partial charge on any atom is -0.383 e. The van der Waals surface area contributed by atoms with Crippen LogP contribution in [-0.2, 0) is 6.54 Å². The maximum Gasteiger partial charge on any atom is 0.190 e. The molecule has 0 unspecified atom stereocenters. The largest absolute Gasteiger partial charge is 0.383 e. The molecule has 0 amide bonds. The Kier molecular flexibility index (Phi) is 5.78. The number of nitrogen functional groups attached to an aromatic ring is 1. The number of nitrogens with zero attached hydrogens (tertiary/aromatic N) is 6. The standard InChI is InChI=1S/C23H21Cl2N7/c24-19-4-3-5-20(21(19)25)32-23(28-29-30-32)18-12-17(13-27-22(18)26)16-8-6-15(7-9-16)14-31-10-1-2-11-31/h3-9,12-13H,1-2,10-11,14H2,(H2,26,27). The molecule has 5 rings (SSSR count). The van der Waals surface area contributed by atoms with Crippen molar-refractivity contribution in [1.82, 2.24) is 30.1 Å². The van der Waals surface area contributed by atoms with Crippen molar-refractivity contribution >= 4 is 29.0 Å². The lowest BCUT2D eigenvalue weighted by Gasteiger charge is -2.15. The number of hydrogen-bond donors (Lipinski definition) is 1. The van der Waals surface area contributed by atoms with E-state index in [4.69, 9.17) is 28.9 Å². The molecule has 0 aliphatic carbocycles. The molecule has 1 aliphatic rings. The zero-order valence-corrected chi connectivity index (χ0v) is 18.8. The highest BCUT2D eigenvalue weighted by atomic mass is 35.5. The topological polar surface area (TPSA) is 85.8 Å². The molecule has 162 valence electrons. The Hall–Kier alpha value is -3.00. The summed E-state index contributed by atoms with van der Waals surface area (Å²) in [6.45, 7) is 3.34. The van der Waals surface area contributed by atoms with Crippen LogP contribution in [-0.4, -0.2) is 43.2 Å². The third kappa shape index (κ3) is 4.07. The molecule has 2 N–H and O–H groups in total. The molecule has 7 nitrogen and oxygen atoms in total. The first-order valence-corrected chi connectivity index (χ1v) is 11.2. The number of pyridine rings is 1. The first-order valence-electron chi connectivity index (χ1n) is 10.4. The third-order valence-corrected chi connectivity index (χ3v) is 6.49. The van der Waals surface area contributed by atoms with Gasteiger partial charge in [-0.2, -0.15) is 4.68 Å². The van der Waals surface area contributed by atoms with E-state index in [2.05, 4.69) is 49.7 Å². The SMILES string of the molecule is Nc1ncc(-c2ccc(CN3CCCC3)cc2)cc1-c1nnnn1-c1cccc(Cl)c1Cl. The summed E-state index contributed by atoms with van der Waals surface area (Å²) in [5.74, 6) is 0.764. The van der Waals surface area contributed by atoms with Gasteiger partial charge in [0.1, 0.15) is 5.82 Å². The van der Waals surface area contributed by atoms with Crippen LogP contribution in [0.3, 0.4) is 0 Å². The van der Waals surface area contributed by atoms with Gasteiger partial charge in [-0.25, -0.2) is 4.98 Å². The molecule has 0 saturated carbocycles. The molecule has 1 saturated heterocycles. The van der Waals surface area contributed by atoms with Crippen molar-refractivity contribution in [2.75, 3.05) is 18.8 Å². The number of aromatic nitrogens is 5. The van der Waals surface area contributed by atoms with Gasteiger partial charge in [-0.3, -0.25) is 4.90 Å². The molecule has 0 bridgehead atoms. The first-order chi connectivity index (χ1) is 15.6. The van der Waals surface area contributed by atoms with E-state index in [0.29, 0.717) is 32.9 Å². The van der Waals surface area contributed by atoms with Gasteiger partial charge < -0.3 is 5.73 Å². The minimum absolute atomic E-state index is 0.327. The van der Waals surface area contributed by atoms with Crippen molar-refractivity contribution in [2.45, 2.75) is 19.4 Å². The fourth-order valence-electron chi connectivity index (χ4n) is 3.99. The monoisotopic (exact) mass is 465 g/mol. The molecule has 2 aromatic carbocycles. The van der Waals surface area contributed by atoms with Gasteiger partial charge in [0.15, 0.2) is 5.82 Å². The van der Waals surface area contributed by atoms with Gasteiger partial charge in [-0.15, -0.1) is 5.10 Å². The molecular weight excluding hydrogens is 445 g/mol. The van der Waals surface area contributed by atoms with E-state index >= 15 is 0 Å². The normalized spacial score (nSPS) is 14.2. The van der Waals surface area contributed by atoms with Crippen LogP contribution < -0.4 is 5.73 Å². The summed E-state index contributed by atoms with van der Waals surface area (Å²) in [4.78, 5) is 6.88. The van der Waals surface area contributed by atoms with E-state index in [9.17, 15) is 0 Å². The van der Waals surface area contributed by atoms with Crippen molar-refractivity contribution in [3.63, 3.8) is 0 Å². The molecule has 1 aliphatic heterocycles. The van der Waals surface area contributed by atoms with Crippen molar-refractivity contribution in [1.29, 1.82) is 0 Å². The van der Waals surface area contributed by atoms with Crippen molar-refractivity contribution < 1.29 is 0 Å². The van der Waals surface area contributed by atoms with Gasteiger partial charge >= 0.3 is 0 Å². The van der Waals surface area contributed by atoms with E-state index in [1.807, 2.05) is 6.07 Å². The van der Waals surface area contributed by atoms with E-state index in [0.717, 1.165) is 17.7 Å². The Labute approximate surface area is 195 Å². The van der Waals surface area contributed by atoms with Gasteiger partial charge in [0.25, 0.3) is 0 Å². The van der Waals surface area contributed by atoms with Crippen molar-refractivity contribution in [3.8, 4) is 28.2 Å². The maximum absolute atomic E-state index is 6.39. The van der Waals surface area contributed by atoms with E-state index in [1.54, 1.807) is 24.4 Å². The van der Waals surface area contributed by atoms with Gasteiger partial charge in [-0.1, -0.05) is 53.5 Å². The molecule has 4 aromatic rings. The van der Waals surface area contributed by atoms with Crippen LogP contribution in [0.25, 0.3) is 28.2 Å². The Balaban J connectivity index is 1.48. The Morgan fingerprint density at radius 1 is 0.969 bits per heavy atom. The quantitative estimate of drug-likeness (QED) is 0.452. The molecule has 32 heavy (non-hydrogen) atoms. The third-order valence-electron chi connectivity index (χ3n) is 5.68. The number of nitrogens with two attached hydrogens (primary N) is 1. The van der Waals surface area contributed by atoms with Crippen LogP contribution in [0, 0.1) is 0 Å². The molecule has 0 spiro atoms. The fourth-order valence-corrected chi connectivity index (χ4v) is 4.36. The Bertz CT molecular complexity index is 1250. The van der Waals surface area contributed by atoms with Crippen molar-refractivity contribution in [2.24, 2.45) is 0 Å². The predicted octanol–water partition coefficient (Wildman–Crippen LogP) is 4.88. The average molecular weight is 466 g/mol. The summed E-state index contributed by atoms with van der Waals surface area (Å²) in [5, 5.41) is 12.9. The van der Waals surface area contributed by atoms with Gasteiger partial charge in [0, 0.05) is 18.3 Å². The second-order valence-electron chi connectivity index (χ2n) is 7.82. The molecule has 2 aromatic heterocycles. The number of likely N-dealkylation sites (tertiary alicyclic amines) is 1. The second kappa shape index (κ2) is 8.86. The van der Waals surface area contributed by atoms with E-state index < -0.39 is 0 Å². The zero-order valence-electron chi connectivity index (χ0n) is 17.2. The first kappa shape index (κ1) is 20.9. The molecule has 3 heterocycles. The van der Waals surface area contributed by atoms with Gasteiger partial charge in [0.2, 0.25) is 0 Å². The Morgan fingerprint density at radius 2 is 1.75 bits per heavy atom. The van der Waals surface area contributed by atoms with Crippen LogP contribution in [0.15, 0.2) is 54.7 Å². The lowest BCUT2D eigenvalue weighted by Crippen LogP contribution is -2.18. The number of hydrogen-bond acceptors (Lipinski definition) is 6. The van der Waals surface area contributed by atoms with Crippen LogP contribution in [0.1, 0.15) is 18.4 Å². The highest BCUT2D eigenvalue weighted by Crippen LogP contribution is 2.33. The molecular formula is C23H21Cl2N7. The minimum atomic E-state index is 0.327. The summed E-state index contributed by atoms with van der Waals surface area (Å²) < 4.78 is 1.52. The summed E-state index contributed by atoms with van der Waals surface area (Å²) in [6, 6.07) is 15.8. The van der Waals surface area contributed by atoms with Crippen molar-refractivity contribution in [3.05, 3.63) is 70.3 Å². The summed E-state index contributed by atoms with van der Waals surface area (Å²) in [5.41, 5.74) is 10.7. The average Bonchev–Trinajstić information content (AvgIpc) is 3.49. The summed E-state index contributed by atoms with van der Waals surface area (Å²) in [6.07, 6.45) is 4.34. The zero-order chi connectivity index (χ0) is 22.1. The Morgan fingerprint density at radius 3 is 2.53 bits per heavy atom. The second-order valence-corrected chi connectivity index (χ2v) is 8.61.